The minimum atomic E-state index is -0.830. The number of hydrogen-bond donors (Lipinski definition) is 1. The van der Waals surface area contributed by atoms with Crippen molar-refractivity contribution < 1.29 is 19.4 Å². The van der Waals surface area contributed by atoms with E-state index in [1.165, 1.54) is 16.2 Å². The Bertz CT molecular complexity index is 1530. The normalized spacial score (nSPS) is 17.1. The van der Waals surface area contributed by atoms with E-state index in [0.29, 0.717) is 28.6 Å². The molecule has 0 saturated carbocycles. The molecule has 5 rings (SSSR count). The molecule has 0 aliphatic carbocycles. The van der Waals surface area contributed by atoms with Gasteiger partial charge < -0.3 is 9.84 Å². The highest BCUT2D eigenvalue weighted by Crippen LogP contribution is 2.45. The number of carbonyl (C=O) groups excluding carboxylic acids is 2. The predicted octanol–water partition coefficient (Wildman–Crippen LogP) is 6.64. The summed E-state index contributed by atoms with van der Waals surface area (Å²) in [5, 5.41) is 11.7. The van der Waals surface area contributed by atoms with E-state index in [1.807, 2.05) is 76.2 Å². The first-order valence-corrected chi connectivity index (χ1v) is 13.1. The summed E-state index contributed by atoms with van der Waals surface area (Å²) < 4.78 is 6.67. The first-order valence-electron chi connectivity index (χ1n) is 12.3. The maximum Gasteiger partial charge on any atom is 0.301 e. The summed E-state index contributed by atoms with van der Waals surface area (Å²) in [7, 11) is 0. The molecular weight excluding hydrogens is 484 g/mol. The van der Waals surface area contributed by atoms with Gasteiger partial charge in [0.15, 0.2) is 5.13 Å². The highest BCUT2D eigenvalue weighted by molar-refractivity contribution is 7.22. The molecule has 2 heterocycles. The number of fused-ring (bicyclic) bond motifs is 1. The predicted molar refractivity (Wildman–Crippen MR) is 147 cm³/mol. The van der Waals surface area contributed by atoms with Gasteiger partial charge in [0, 0.05) is 5.56 Å². The number of amides is 1. The lowest BCUT2D eigenvalue weighted by Gasteiger charge is -2.23. The third-order valence-electron chi connectivity index (χ3n) is 6.46. The van der Waals surface area contributed by atoms with E-state index in [-0.39, 0.29) is 11.3 Å². The van der Waals surface area contributed by atoms with E-state index in [4.69, 9.17) is 9.72 Å². The second-order valence-electron chi connectivity index (χ2n) is 9.38. The Morgan fingerprint density at radius 3 is 2.38 bits per heavy atom. The van der Waals surface area contributed by atoms with Gasteiger partial charge in [-0.15, -0.1) is 0 Å². The van der Waals surface area contributed by atoms with Crippen LogP contribution in [-0.4, -0.2) is 28.4 Å². The minimum Gasteiger partial charge on any atom is -0.507 e. The molecule has 37 heavy (non-hydrogen) atoms. The lowest BCUT2D eigenvalue weighted by Crippen LogP contribution is -2.29. The molecule has 4 aromatic rings. The van der Waals surface area contributed by atoms with Gasteiger partial charge in [0.2, 0.25) is 0 Å². The number of Topliss-reactive ketones (excluding diaryl/α,β-unsaturated/α-hetero) is 1. The molecule has 1 aliphatic heterocycles. The monoisotopic (exact) mass is 512 g/mol. The van der Waals surface area contributed by atoms with Crippen LogP contribution in [0.2, 0.25) is 0 Å². The van der Waals surface area contributed by atoms with Crippen molar-refractivity contribution >= 4 is 44.1 Å². The molecule has 0 spiro atoms. The van der Waals surface area contributed by atoms with Gasteiger partial charge in [0.1, 0.15) is 11.5 Å². The molecule has 7 heteroatoms. The molecule has 1 atom stereocenters. The second kappa shape index (κ2) is 9.82. The fourth-order valence-electron chi connectivity index (χ4n) is 4.64. The number of anilines is 1. The Morgan fingerprint density at radius 1 is 1.00 bits per heavy atom. The summed E-state index contributed by atoms with van der Waals surface area (Å²) in [6.07, 6.45) is 0.884. The molecular formula is C30H28N2O4S. The Morgan fingerprint density at radius 2 is 1.70 bits per heavy atom. The molecule has 188 valence electrons. The van der Waals surface area contributed by atoms with Crippen LogP contribution in [-0.2, 0) is 9.59 Å². The summed E-state index contributed by atoms with van der Waals surface area (Å²) in [5.74, 6) is -0.947. The van der Waals surface area contributed by atoms with Gasteiger partial charge in [0.25, 0.3) is 5.78 Å². The molecule has 0 bridgehead atoms. The maximum absolute atomic E-state index is 13.5. The van der Waals surface area contributed by atoms with Crippen LogP contribution in [0.4, 0.5) is 5.13 Å². The third-order valence-corrected chi connectivity index (χ3v) is 7.46. The quantitative estimate of drug-likeness (QED) is 0.178. The van der Waals surface area contributed by atoms with Crippen LogP contribution in [0, 0.1) is 20.8 Å². The van der Waals surface area contributed by atoms with Crippen LogP contribution in [0.5, 0.6) is 5.75 Å². The molecule has 1 aromatic heterocycles. The number of hydrogen-bond acceptors (Lipinski definition) is 6. The SMILES string of the molecule is CCCOc1ccc(C2/C(=C(\O)c3ccc(C)cc3)C(=O)C(=O)N2c2nc3c(C)cc(C)cc3s2)cc1. The summed E-state index contributed by atoms with van der Waals surface area (Å²) in [4.78, 5) is 33.1. The van der Waals surface area contributed by atoms with Crippen molar-refractivity contribution in [1.29, 1.82) is 0 Å². The van der Waals surface area contributed by atoms with Crippen molar-refractivity contribution in [2.45, 2.75) is 40.2 Å². The van der Waals surface area contributed by atoms with Gasteiger partial charge in [-0.3, -0.25) is 14.5 Å². The van der Waals surface area contributed by atoms with Crippen LogP contribution in [0.3, 0.4) is 0 Å². The van der Waals surface area contributed by atoms with E-state index in [9.17, 15) is 14.7 Å². The van der Waals surface area contributed by atoms with Crippen LogP contribution in [0.15, 0.2) is 66.2 Å². The first kappa shape index (κ1) is 24.7. The zero-order valence-corrected chi connectivity index (χ0v) is 22.1. The highest BCUT2D eigenvalue weighted by Gasteiger charge is 2.48. The van der Waals surface area contributed by atoms with Gasteiger partial charge in [-0.1, -0.05) is 66.3 Å². The topological polar surface area (TPSA) is 79.7 Å². The molecule has 1 N–H and O–H groups in total. The number of aliphatic hydroxyl groups excluding tert-OH is 1. The Balaban J connectivity index is 1.68. The van der Waals surface area contributed by atoms with Crippen molar-refractivity contribution in [2.24, 2.45) is 0 Å². The lowest BCUT2D eigenvalue weighted by molar-refractivity contribution is -0.132. The number of rotatable bonds is 6. The molecule has 1 amide bonds. The fourth-order valence-corrected chi connectivity index (χ4v) is 5.81. The van der Waals surface area contributed by atoms with Crippen LogP contribution in [0.25, 0.3) is 16.0 Å². The van der Waals surface area contributed by atoms with Gasteiger partial charge in [-0.05, 0) is 62.1 Å². The smallest absolute Gasteiger partial charge is 0.301 e. The summed E-state index contributed by atoms with van der Waals surface area (Å²) in [5.41, 5.74) is 5.13. The largest absolute Gasteiger partial charge is 0.507 e. The van der Waals surface area contributed by atoms with E-state index in [0.717, 1.165) is 33.3 Å². The molecule has 6 nitrogen and oxygen atoms in total. The van der Waals surface area contributed by atoms with Gasteiger partial charge >= 0.3 is 5.91 Å². The van der Waals surface area contributed by atoms with Crippen molar-refractivity contribution in [3.63, 3.8) is 0 Å². The average Bonchev–Trinajstić information content (AvgIpc) is 3.41. The number of nitrogens with zero attached hydrogens (tertiary/aromatic N) is 2. The number of ether oxygens (including phenoxy) is 1. The Labute approximate surface area is 219 Å². The van der Waals surface area contributed by atoms with Crippen molar-refractivity contribution in [3.8, 4) is 5.75 Å². The molecule has 0 radical (unpaired) electrons. The van der Waals surface area contributed by atoms with E-state index in [2.05, 4.69) is 0 Å². The third kappa shape index (κ3) is 4.51. The fraction of sp³-hybridized carbons (Fsp3) is 0.233. The Kier molecular flexibility index (Phi) is 6.56. The van der Waals surface area contributed by atoms with Crippen molar-refractivity contribution in [3.05, 3.63) is 94.1 Å². The minimum absolute atomic E-state index is 0.0447. The summed E-state index contributed by atoms with van der Waals surface area (Å²) in [6.45, 7) is 8.57. The zero-order chi connectivity index (χ0) is 26.3. The zero-order valence-electron chi connectivity index (χ0n) is 21.2. The number of aliphatic hydroxyl groups is 1. The van der Waals surface area contributed by atoms with E-state index in [1.54, 1.807) is 12.1 Å². The first-order chi connectivity index (χ1) is 17.8. The highest BCUT2D eigenvalue weighted by atomic mass is 32.1. The second-order valence-corrected chi connectivity index (χ2v) is 10.4. The number of carbonyl (C=O) groups is 2. The van der Waals surface area contributed by atoms with Gasteiger partial charge in [-0.2, -0.15) is 0 Å². The molecule has 3 aromatic carbocycles. The van der Waals surface area contributed by atoms with E-state index >= 15 is 0 Å². The molecule has 1 unspecified atom stereocenters. The van der Waals surface area contributed by atoms with Crippen LogP contribution < -0.4 is 9.64 Å². The number of ketones is 1. The van der Waals surface area contributed by atoms with E-state index < -0.39 is 17.7 Å². The summed E-state index contributed by atoms with van der Waals surface area (Å²) >= 11 is 1.37. The summed E-state index contributed by atoms with van der Waals surface area (Å²) in [6, 6.07) is 17.8. The van der Waals surface area contributed by atoms with Gasteiger partial charge in [0.05, 0.1) is 28.4 Å². The van der Waals surface area contributed by atoms with Crippen molar-refractivity contribution in [2.75, 3.05) is 11.5 Å². The number of aryl methyl sites for hydroxylation is 3. The van der Waals surface area contributed by atoms with Crippen LogP contribution >= 0.6 is 11.3 Å². The molecule has 1 saturated heterocycles. The number of benzene rings is 3. The lowest BCUT2D eigenvalue weighted by atomic mass is 9.95. The van der Waals surface area contributed by atoms with Crippen LogP contribution in [0.1, 0.15) is 47.2 Å². The molecule has 1 fully saturated rings. The van der Waals surface area contributed by atoms with Crippen molar-refractivity contribution in [1.82, 2.24) is 4.98 Å². The average molecular weight is 513 g/mol. The standard InChI is InChI=1S/C30H28N2O4S/c1-5-14-36-22-12-10-20(11-13-22)26-24(27(33)21-8-6-17(2)7-9-21)28(34)29(35)32(26)30-31-25-19(4)15-18(3)16-23(25)37-30/h6-13,15-16,26,33H,5,14H2,1-4H3/b27-24+. The number of aromatic nitrogens is 1. The molecule has 1 aliphatic rings. The maximum atomic E-state index is 13.5. The Hall–Kier alpha value is -3.97. The number of thiazole rings is 1. The van der Waals surface area contributed by atoms with Gasteiger partial charge in [-0.25, -0.2) is 4.98 Å².